The highest BCUT2D eigenvalue weighted by Gasteiger charge is 2.03. The van der Waals surface area contributed by atoms with Gasteiger partial charge in [0, 0.05) is 11.3 Å². The first-order valence-electron chi connectivity index (χ1n) is 5.03. The fourth-order valence-electron chi connectivity index (χ4n) is 1.38. The van der Waals surface area contributed by atoms with E-state index in [1.54, 1.807) is 11.3 Å². The van der Waals surface area contributed by atoms with Gasteiger partial charge in [0.25, 0.3) is 0 Å². The second-order valence-corrected chi connectivity index (χ2v) is 5.49. The molecule has 1 aromatic carbocycles. The van der Waals surface area contributed by atoms with Gasteiger partial charge in [-0.3, -0.25) is 0 Å². The number of rotatable bonds is 4. The van der Waals surface area contributed by atoms with Gasteiger partial charge < -0.3 is 4.74 Å². The van der Waals surface area contributed by atoms with Crippen molar-refractivity contribution < 1.29 is 4.74 Å². The van der Waals surface area contributed by atoms with E-state index in [0.717, 1.165) is 21.4 Å². The summed E-state index contributed by atoms with van der Waals surface area (Å²) in [5.74, 6) is 0.963. The Bertz CT molecular complexity index is 470. The van der Waals surface area contributed by atoms with Gasteiger partial charge in [0.15, 0.2) is 0 Å². The van der Waals surface area contributed by atoms with Crippen molar-refractivity contribution in [3.8, 4) is 5.75 Å². The molecule has 4 heteroatoms. The molecular formula is C12H12INOS. The summed E-state index contributed by atoms with van der Waals surface area (Å²) >= 11 is 3.98. The Balaban J connectivity index is 1.89. The maximum Gasteiger partial charge on any atom is 0.132 e. The van der Waals surface area contributed by atoms with Crippen LogP contribution < -0.4 is 4.74 Å². The Morgan fingerprint density at radius 2 is 2.19 bits per heavy atom. The number of hydrogen-bond acceptors (Lipinski definition) is 3. The molecule has 0 radical (unpaired) electrons. The van der Waals surface area contributed by atoms with E-state index in [4.69, 9.17) is 4.74 Å². The predicted molar refractivity (Wildman–Crippen MR) is 75.2 cm³/mol. The molecule has 84 valence electrons. The zero-order valence-corrected chi connectivity index (χ0v) is 11.9. The zero-order valence-electron chi connectivity index (χ0n) is 8.94. The molecule has 0 amide bonds. The van der Waals surface area contributed by atoms with E-state index in [1.807, 2.05) is 36.7 Å². The molecule has 0 N–H and O–H groups in total. The maximum absolute atomic E-state index is 5.74. The lowest BCUT2D eigenvalue weighted by molar-refractivity contribution is 0.320. The van der Waals surface area contributed by atoms with E-state index in [0.29, 0.717) is 6.61 Å². The molecule has 2 rings (SSSR count). The minimum Gasteiger partial charge on any atom is -0.492 e. The number of thiazole rings is 1. The normalized spacial score (nSPS) is 10.4. The van der Waals surface area contributed by atoms with Gasteiger partial charge >= 0.3 is 0 Å². The van der Waals surface area contributed by atoms with E-state index in [9.17, 15) is 0 Å². The maximum atomic E-state index is 5.74. The van der Waals surface area contributed by atoms with Crippen LogP contribution in [0.3, 0.4) is 0 Å². The largest absolute Gasteiger partial charge is 0.492 e. The van der Waals surface area contributed by atoms with E-state index in [1.165, 1.54) is 4.88 Å². The van der Waals surface area contributed by atoms with Gasteiger partial charge in [-0.2, -0.15) is 0 Å². The van der Waals surface area contributed by atoms with Crippen molar-refractivity contribution >= 4 is 33.9 Å². The predicted octanol–water partition coefficient (Wildman–Crippen LogP) is 3.68. The van der Waals surface area contributed by atoms with Crippen molar-refractivity contribution in [2.75, 3.05) is 6.61 Å². The third-order valence-electron chi connectivity index (χ3n) is 2.27. The Morgan fingerprint density at radius 1 is 1.38 bits per heavy atom. The summed E-state index contributed by atoms with van der Waals surface area (Å²) in [7, 11) is 0. The first-order valence-corrected chi connectivity index (χ1v) is 6.99. The standard InChI is InChI=1S/C12H12INOS/c1-9-12(16-8-14-9)6-7-15-11-5-3-2-4-10(11)13/h2-5,8H,6-7H2,1H3. The lowest BCUT2D eigenvalue weighted by atomic mass is 10.3. The van der Waals surface area contributed by atoms with Crippen LogP contribution in [0.2, 0.25) is 0 Å². The van der Waals surface area contributed by atoms with Crippen molar-refractivity contribution in [2.24, 2.45) is 0 Å². The SMILES string of the molecule is Cc1ncsc1CCOc1ccccc1I. The smallest absolute Gasteiger partial charge is 0.132 e. The van der Waals surface area contributed by atoms with Gasteiger partial charge in [-0.05, 0) is 41.6 Å². The highest BCUT2D eigenvalue weighted by Crippen LogP contribution is 2.20. The van der Waals surface area contributed by atoms with Gasteiger partial charge in [-0.1, -0.05) is 12.1 Å². The summed E-state index contributed by atoms with van der Waals surface area (Å²) in [6.07, 6.45) is 0.932. The minimum atomic E-state index is 0.711. The van der Waals surface area contributed by atoms with E-state index >= 15 is 0 Å². The zero-order chi connectivity index (χ0) is 11.4. The number of nitrogens with zero attached hydrogens (tertiary/aromatic N) is 1. The van der Waals surface area contributed by atoms with Gasteiger partial charge in [0.2, 0.25) is 0 Å². The van der Waals surface area contributed by atoms with Crippen LogP contribution in [0, 0.1) is 10.5 Å². The Kier molecular flexibility index (Phi) is 4.17. The fraction of sp³-hybridized carbons (Fsp3) is 0.250. The van der Waals surface area contributed by atoms with Crippen molar-refractivity contribution in [3.05, 3.63) is 43.9 Å². The Hall–Kier alpha value is -0.620. The molecule has 2 aromatic rings. The lowest BCUT2D eigenvalue weighted by Crippen LogP contribution is -2.02. The topological polar surface area (TPSA) is 22.1 Å². The molecule has 16 heavy (non-hydrogen) atoms. The summed E-state index contributed by atoms with van der Waals surface area (Å²) < 4.78 is 6.89. The summed E-state index contributed by atoms with van der Waals surface area (Å²) in [6, 6.07) is 8.06. The van der Waals surface area contributed by atoms with Crippen LogP contribution in [0.5, 0.6) is 5.75 Å². The van der Waals surface area contributed by atoms with Crippen LogP contribution >= 0.6 is 33.9 Å². The molecule has 1 heterocycles. The van der Waals surface area contributed by atoms with E-state index in [-0.39, 0.29) is 0 Å². The van der Waals surface area contributed by atoms with Crippen LogP contribution in [0.15, 0.2) is 29.8 Å². The molecular weight excluding hydrogens is 333 g/mol. The number of halogens is 1. The Labute approximate surface area is 113 Å². The quantitative estimate of drug-likeness (QED) is 0.789. The average molecular weight is 345 g/mol. The summed E-state index contributed by atoms with van der Waals surface area (Å²) in [5, 5.41) is 0. The molecule has 0 aliphatic rings. The van der Waals surface area contributed by atoms with Crippen molar-refractivity contribution in [2.45, 2.75) is 13.3 Å². The second kappa shape index (κ2) is 5.63. The highest BCUT2D eigenvalue weighted by atomic mass is 127. The van der Waals surface area contributed by atoms with Crippen LogP contribution in [0.4, 0.5) is 0 Å². The number of para-hydroxylation sites is 1. The molecule has 0 saturated carbocycles. The summed E-state index contributed by atoms with van der Waals surface area (Å²) in [6.45, 7) is 2.75. The van der Waals surface area contributed by atoms with Crippen LogP contribution in [-0.2, 0) is 6.42 Å². The van der Waals surface area contributed by atoms with Gasteiger partial charge in [-0.25, -0.2) is 4.98 Å². The fourth-order valence-corrected chi connectivity index (χ4v) is 2.69. The summed E-state index contributed by atoms with van der Waals surface area (Å²) in [4.78, 5) is 5.53. The molecule has 0 aliphatic carbocycles. The van der Waals surface area contributed by atoms with Crippen LogP contribution in [-0.4, -0.2) is 11.6 Å². The highest BCUT2D eigenvalue weighted by molar-refractivity contribution is 14.1. The van der Waals surface area contributed by atoms with Gasteiger partial charge in [0.1, 0.15) is 5.75 Å². The number of ether oxygens (including phenoxy) is 1. The third-order valence-corrected chi connectivity index (χ3v) is 4.15. The van der Waals surface area contributed by atoms with Crippen molar-refractivity contribution in [3.63, 3.8) is 0 Å². The van der Waals surface area contributed by atoms with Crippen molar-refractivity contribution in [1.82, 2.24) is 4.98 Å². The second-order valence-electron chi connectivity index (χ2n) is 3.39. The monoisotopic (exact) mass is 345 g/mol. The number of aryl methyl sites for hydroxylation is 1. The van der Waals surface area contributed by atoms with Crippen molar-refractivity contribution in [1.29, 1.82) is 0 Å². The molecule has 0 atom stereocenters. The lowest BCUT2D eigenvalue weighted by Gasteiger charge is -2.07. The van der Waals surface area contributed by atoms with Crippen LogP contribution in [0.1, 0.15) is 10.6 Å². The molecule has 0 bridgehead atoms. The molecule has 0 aliphatic heterocycles. The molecule has 2 nitrogen and oxygen atoms in total. The number of benzene rings is 1. The third kappa shape index (κ3) is 2.95. The van der Waals surface area contributed by atoms with Gasteiger partial charge in [0.05, 0.1) is 21.4 Å². The van der Waals surface area contributed by atoms with E-state index in [2.05, 4.69) is 27.6 Å². The molecule has 0 fully saturated rings. The molecule has 1 aromatic heterocycles. The van der Waals surface area contributed by atoms with Gasteiger partial charge in [-0.15, -0.1) is 11.3 Å². The van der Waals surface area contributed by atoms with Crippen LogP contribution in [0.25, 0.3) is 0 Å². The van der Waals surface area contributed by atoms with E-state index < -0.39 is 0 Å². The molecule has 0 unspecified atom stereocenters. The first kappa shape index (κ1) is 11.9. The first-order chi connectivity index (χ1) is 7.77. The number of hydrogen-bond donors (Lipinski definition) is 0. The minimum absolute atomic E-state index is 0.711. The molecule has 0 saturated heterocycles. The Morgan fingerprint density at radius 3 is 2.88 bits per heavy atom. The number of aromatic nitrogens is 1. The summed E-state index contributed by atoms with van der Waals surface area (Å²) in [5.41, 5.74) is 3.01. The molecule has 0 spiro atoms. The average Bonchev–Trinajstić information content (AvgIpc) is 2.67.